The molecule has 1 N–H and O–H groups in total. The van der Waals surface area contributed by atoms with Gasteiger partial charge in [0.05, 0.1) is 7.11 Å². The van der Waals surface area contributed by atoms with Crippen molar-refractivity contribution in [3.8, 4) is 0 Å². The van der Waals surface area contributed by atoms with Crippen LogP contribution in [0.4, 0.5) is 0 Å². The number of benzene rings is 1. The molecule has 1 aliphatic rings. The van der Waals surface area contributed by atoms with E-state index in [1.54, 1.807) is 6.08 Å². The van der Waals surface area contributed by atoms with Crippen LogP contribution in [0.1, 0.15) is 30.0 Å². The number of esters is 1. The van der Waals surface area contributed by atoms with Gasteiger partial charge in [0.15, 0.2) is 0 Å². The van der Waals surface area contributed by atoms with Crippen molar-refractivity contribution in [2.24, 2.45) is 0 Å². The zero-order valence-electron chi connectivity index (χ0n) is 11.1. The monoisotopic (exact) mass is 257 g/mol. The molecule has 100 valence electrons. The molecule has 1 atom stereocenters. The van der Waals surface area contributed by atoms with Crippen LogP contribution in [0.3, 0.4) is 0 Å². The van der Waals surface area contributed by atoms with Gasteiger partial charge in [0.1, 0.15) is 0 Å². The highest BCUT2D eigenvalue weighted by Gasteiger charge is 2.10. The van der Waals surface area contributed by atoms with Gasteiger partial charge in [-0.1, -0.05) is 36.4 Å². The molecule has 0 unspecified atom stereocenters. The summed E-state index contributed by atoms with van der Waals surface area (Å²) in [5.74, 6) is -0.334. The average Bonchev–Trinajstić information content (AvgIpc) is 2.74. The molecular formula is C16H19NO2. The van der Waals surface area contributed by atoms with Gasteiger partial charge < -0.3 is 10.1 Å². The number of rotatable bonds is 3. The van der Waals surface area contributed by atoms with E-state index in [0.29, 0.717) is 6.04 Å². The standard InChI is InChI=1S/C16H19NO2/c1-19-16(18)11-8-13-6-9-14(10-7-13)15-5-3-2-4-12-17-15/h2-3,6-11,15,17H,4-5,12H2,1H3/b11-8+/t15-/m0/s1. The Kier molecular flexibility index (Phi) is 4.93. The van der Waals surface area contributed by atoms with Crippen LogP contribution >= 0.6 is 0 Å². The van der Waals surface area contributed by atoms with Gasteiger partial charge in [-0.2, -0.15) is 0 Å². The van der Waals surface area contributed by atoms with Crippen molar-refractivity contribution in [3.05, 3.63) is 53.6 Å². The largest absolute Gasteiger partial charge is 0.466 e. The number of carbonyl (C=O) groups is 1. The molecule has 1 aromatic rings. The van der Waals surface area contributed by atoms with Crippen molar-refractivity contribution >= 4 is 12.0 Å². The third kappa shape index (κ3) is 4.07. The van der Waals surface area contributed by atoms with E-state index in [0.717, 1.165) is 24.9 Å². The highest BCUT2D eigenvalue weighted by Crippen LogP contribution is 2.20. The van der Waals surface area contributed by atoms with Crippen molar-refractivity contribution in [1.29, 1.82) is 0 Å². The Labute approximate surface area is 114 Å². The Bertz CT molecular complexity index is 474. The van der Waals surface area contributed by atoms with Crippen LogP contribution in [0.2, 0.25) is 0 Å². The molecule has 0 saturated carbocycles. The first-order chi connectivity index (χ1) is 9.29. The van der Waals surface area contributed by atoms with Gasteiger partial charge in [-0.05, 0) is 36.6 Å². The average molecular weight is 257 g/mol. The molecule has 1 heterocycles. The normalized spacial score (nSPS) is 19.3. The fourth-order valence-corrected chi connectivity index (χ4v) is 2.10. The number of ether oxygens (including phenoxy) is 1. The summed E-state index contributed by atoms with van der Waals surface area (Å²) in [7, 11) is 1.38. The molecule has 0 fully saturated rings. The Morgan fingerprint density at radius 3 is 2.84 bits per heavy atom. The van der Waals surface area contributed by atoms with E-state index >= 15 is 0 Å². The molecule has 1 aromatic carbocycles. The second kappa shape index (κ2) is 6.90. The minimum atomic E-state index is -0.334. The molecule has 0 amide bonds. The third-order valence-corrected chi connectivity index (χ3v) is 3.19. The molecule has 1 aliphatic heterocycles. The fourth-order valence-electron chi connectivity index (χ4n) is 2.10. The summed E-state index contributed by atoms with van der Waals surface area (Å²) in [5.41, 5.74) is 2.28. The van der Waals surface area contributed by atoms with Gasteiger partial charge in [-0.15, -0.1) is 0 Å². The number of hydrogen-bond donors (Lipinski definition) is 1. The van der Waals surface area contributed by atoms with Gasteiger partial charge in [0, 0.05) is 12.1 Å². The van der Waals surface area contributed by atoms with E-state index in [4.69, 9.17) is 0 Å². The SMILES string of the molecule is COC(=O)/C=C/c1ccc([C@@H]2CC=CCCN2)cc1. The lowest BCUT2D eigenvalue weighted by molar-refractivity contribution is -0.134. The second-order valence-corrected chi connectivity index (χ2v) is 4.53. The number of methoxy groups -OCH3 is 1. The van der Waals surface area contributed by atoms with Gasteiger partial charge >= 0.3 is 5.97 Å². The minimum Gasteiger partial charge on any atom is -0.466 e. The molecule has 0 bridgehead atoms. The second-order valence-electron chi connectivity index (χ2n) is 4.53. The Hall–Kier alpha value is -1.87. The summed E-state index contributed by atoms with van der Waals surface area (Å²) < 4.78 is 4.56. The van der Waals surface area contributed by atoms with Crippen LogP contribution in [-0.2, 0) is 9.53 Å². The maximum absolute atomic E-state index is 11.0. The quantitative estimate of drug-likeness (QED) is 0.514. The van der Waals surface area contributed by atoms with Gasteiger partial charge in [0.25, 0.3) is 0 Å². The molecule has 0 saturated heterocycles. The van der Waals surface area contributed by atoms with Crippen molar-refractivity contribution < 1.29 is 9.53 Å². The molecule has 19 heavy (non-hydrogen) atoms. The van der Waals surface area contributed by atoms with Crippen LogP contribution in [0.15, 0.2) is 42.5 Å². The molecule has 0 spiro atoms. The fraction of sp³-hybridized carbons (Fsp3) is 0.312. The highest BCUT2D eigenvalue weighted by molar-refractivity contribution is 5.86. The lowest BCUT2D eigenvalue weighted by atomic mass is 10.0. The van der Waals surface area contributed by atoms with E-state index < -0.39 is 0 Å². The maximum atomic E-state index is 11.0. The number of hydrogen-bond acceptors (Lipinski definition) is 3. The first-order valence-corrected chi connectivity index (χ1v) is 6.54. The smallest absolute Gasteiger partial charge is 0.330 e. The summed E-state index contributed by atoms with van der Waals surface area (Å²) >= 11 is 0. The molecule has 3 heteroatoms. The molecule has 0 radical (unpaired) electrons. The summed E-state index contributed by atoms with van der Waals surface area (Å²) in [4.78, 5) is 11.0. The predicted octanol–water partition coefficient (Wildman–Crippen LogP) is 2.85. The topological polar surface area (TPSA) is 38.3 Å². The summed E-state index contributed by atoms with van der Waals surface area (Å²) in [6, 6.07) is 8.63. The Morgan fingerprint density at radius 1 is 1.32 bits per heavy atom. The molecule has 0 aliphatic carbocycles. The Balaban J connectivity index is 2.03. The highest BCUT2D eigenvalue weighted by atomic mass is 16.5. The van der Waals surface area contributed by atoms with E-state index in [-0.39, 0.29) is 5.97 Å². The van der Waals surface area contributed by atoms with Crippen molar-refractivity contribution in [2.75, 3.05) is 13.7 Å². The summed E-state index contributed by atoms with van der Waals surface area (Å²) in [6.45, 7) is 1.02. The van der Waals surface area contributed by atoms with E-state index in [2.05, 4.69) is 34.3 Å². The van der Waals surface area contributed by atoms with Crippen molar-refractivity contribution in [3.63, 3.8) is 0 Å². The lowest BCUT2D eigenvalue weighted by Gasteiger charge is -2.15. The van der Waals surface area contributed by atoms with Crippen LogP contribution < -0.4 is 5.32 Å². The Morgan fingerprint density at radius 2 is 2.11 bits per heavy atom. The van der Waals surface area contributed by atoms with Crippen LogP contribution in [0.25, 0.3) is 6.08 Å². The van der Waals surface area contributed by atoms with Crippen molar-refractivity contribution in [1.82, 2.24) is 5.32 Å². The number of nitrogens with one attached hydrogen (secondary N) is 1. The lowest BCUT2D eigenvalue weighted by Crippen LogP contribution is -2.20. The van der Waals surface area contributed by atoms with E-state index in [1.165, 1.54) is 18.7 Å². The van der Waals surface area contributed by atoms with E-state index in [1.807, 2.05) is 12.1 Å². The van der Waals surface area contributed by atoms with Crippen LogP contribution in [-0.4, -0.2) is 19.6 Å². The van der Waals surface area contributed by atoms with E-state index in [9.17, 15) is 4.79 Å². The zero-order chi connectivity index (χ0) is 13.5. The first kappa shape index (κ1) is 13.6. The summed E-state index contributed by atoms with van der Waals surface area (Å²) in [6.07, 6.45) is 9.77. The number of carbonyl (C=O) groups excluding carboxylic acids is 1. The molecule has 3 nitrogen and oxygen atoms in total. The first-order valence-electron chi connectivity index (χ1n) is 6.54. The molecule has 2 rings (SSSR count). The van der Waals surface area contributed by atoms with Crippen molar-refractivity contribution in [2.45, 2.75) is 18.9 Å². The zero-order valence-corrected chi connectivity index (χ0v) is 11.1. The van der Waals surface area contributed by atoms with Crippen LogP contribution in [0.5, 0.6) is 0 Å². The summed E-state index contributed by atoms with van der Waals surface area (Å²) in [5, 5.41) is 3.52. The predicted molar refractivity (Wildman–Crippen MR) is 76.6 cm³/mol. The van der Waals surface area contributed by atoms with Crippen LogP contribution in [0, 0.1) is 0 Å². The van der Waals surface area contributed by atoms with Gasteiger partial charge in [-0.25, -0.2) is 4.79 Å². The van der Waals surface area contributed by atoms with Gasteiger partial charge in [0.2, 0.25) is 0 Å². The molecular weight excluding hydrogens is 238 g/mol. The minimum absolute atomic E-state index is 0.334. The maximum Gasteiger partial charge on any atom is 0.330 e. The van der Waals surface area contributed by atoms with Gasteiger partial charge in [-0.3, -0.25) is 0 Å². The molecule has 0 aromatic heterocycles. The third-order valence-electron chi connectivity index (χ3n) is 3.19.